The summed E-state index contributed by atoms with van der Waals surface area (Å²) in [5, 5.41) is 8.60. The van der Waals surface area contributed by atoms with E-state index in [2.05, 4.69) is 52.9 Å². The highest BCUT2D eigenvalue weighted by atomic mass is 32.2. The van der Waals surface area contributed by atoms with Gasteiger partial charge in [0.25, 0.3) is 5.22 Å². The highest BCUT2D eigenvalue weighted by Crippen LogP contribution is 2.39. The molecule has 1 aromatic carbocycles. The molecule has 0 atom stereocenters. The van der Waals surface area contributed by atoms with E-state index in [9.17, 15) is 4.79 Å². The quantitative estimate of drug-likeness (QED) is 0.393. The van der Waals surface area contributed by atoms with Gasteiger partial charge in [-0.15, -0.1) is 10.2 Å². The van der Waals surface area contributed by atoms with Gasteiger partial charge in [-0.25, -0.2) is 0 Å². The summed E-state index contributed by atoms with van der Waals surface area (Å²) in [5.41, 5.74) is 5.16. The fourth-order valence-corrected chi connectivity index (χ4v) is 4.08. The molecule has 0 radical (unpaired) electrons. The molecule has 0 spiro atoms. The van der Waals surface area contributed by atoms with Gasteiger partial charge in [0, 0.05) is 28.6 Å². The Hall–Kier alpha value is -2.34. The van der Waals surface area contributed by atoms with Gasteiger partial charge in [-0.05, 0) is 56.4 Å². The standard InChI is InChI=1S/C22H25N3O2S/c1-13(2)16-7-9-18(10-8-16)25-14(3)11-19(15(25)4)20(26)12-28-22-24-23-21(27-22)17-5-6-17/h7-11,13,17H,5-6,12H2,1-4H3. The molecule has 0 N–H and O–H groups in total. The van der Waals surface area contributed by atoms with Crippen LogP contribution >= 0.6 is 11.8 Å². The van der Waals surface area contributed by atoms with Crippen LogP contribution in [0.25, 0.3) is 5.69 Å². The predicted molar refractivity (Wildman–Crippen MR) is 111 cm³/mol. The third kappa shape index (κ3) is 3.78. The normalized spacial score (nSPS) is 14.0. The predicted octanol–water partition coefficient (Wildman–Crippen LogP) is 5.45. The number of aryl methyl sites for hydroxylation is 1. The zero-order valence-electron chi connectivity index (χ0n) is 16.7. The number of hydrogen-bond acceptors (Lipinski definition) is 5. The van der Waals surface area contributed by atoms with Crippen molar-refractivity contribution in [1.82, 2.24) is 14.8 Å². The number of ketones is 1. The summed E-state index contributed by atoms with van der Waals surface area (Å²) in [5.74, 6) is 2.01. The molecule has 3 aromatic rings. The number of hydrogen-bond donors (Lipinski definition) is 0. The lowest BCUT2D eigenvalue weighted by Crippen LogP contribution is -2.05. The number of nitrogens with zero attached hydrogens (tertiary/aromatic N) is 3. The highest BCUT2D eigenvalue weighted by Gasteiger charge is 2.29. The largest absolute Gasteiger partial charge is 0.416 e. The number of Topliss-reactive ketones (excluding diaryl/α,β-unsaturated/α-hetero) is 1. The molecule has 0 aliphatic heterocycles. The van der Waals surface area contributed by atoms with Crippen LogP contribution in [-0.4, -0.2) is 26.3 Å². The monoisotopic (exact) mass is 395 g/mol. The lowest BCUT2D eigenvalue weighted by atomic mass is 10.0. The highest BCUT2D eigenvalue weighted by molar-refractivity contribution is 7.99. The number of carbonyl (C=O) groups is 1. The molecule has 0 amide bonds. The Morgan fingerprint density at radius 2 is 1.93 bits per heavy atom. The minimum absolute atomic E-state index is 0.0781. The first-order valence-corrected chi connectivity index (χ1v) is 10.7. The van der Waals surface area contributed by atoms with Crippen molar-refractivity contribution >= 4 is 17.5 Å². The van der Waals surface area contributed by atoms with E-state index < -0.39 is 0 Å². The van der Waals surface area contributed by atoms with Crippen LogP contribution in [0, 0.1) is 13.8 Å². The fraction of sp³-hybridized carbons (Fsp3) is 0.409. The summed E-state index contributed by atoms with van der Waals surface area (Å²) in [6, 6.07) is 10.5. The number of thioether (sulfide) groups is 1. The van der Waals surface area contributed by atoms with E-state index in [1.54, 1.807) is 0 Å². The lowest BCUT2D eigenvalue weighted by molar-refractivity contribution is 0.102. The van der Waals surface area contributed by atoms with E-state index >= 15 is 0 Å². The minimum Gasteiger partial charge on any atom is -0.416 e. The summed E-state index contributed by atoms with van der Waals surface area (Å²) < 4.78 is 7.77. The third-order valence-corrected chi connectivity index (χ3v) is 6.04. The van der Waals surface area contributed by atoms with E-state index in [0.29, 0.717) is 28.7 Å². The maximum atomic E-state index is 12.8. The molecule has 4 rings (SSSR count). The van der Waals surface area contributed by atoms with Crippen molar-refractivity contribution in [1.29, 1.82) is 0 Å². The average molecular weight is 396 g/mol. The molecule has 28 heavy (non-hydrogen) atoms. The van der Waals surface area contributed by atoms with Gasteiger partial charge in [0.1, 0.15) is 0 Å². The van der Waals surface area contributed by atoms with Crippen molar-refractivity contribution in [2.45, 2.75) is 57.6 Å². The maximum absolute atomic E-state index is 12.8. The van der Waals surface area contributed by atoms with Gasteiger partial charge >= 0.3 is 0 Å². The second-order valence-electron chi connectivity index (χ2n) is 7.76. The van der Waals surface area contributed by atoms with Crippen LogP contribution in [0.4, 0.5) is 0 Å². The molecule has 2 aromatic heterocycles. The molecule has 5 nitrogen and oxygen atoms in total. The van der Waals surface area contributed by atoms with Crippen LogP contribution in [0.15, 0.2) is 40.0 Å². The van der Waals surface area contributed by atoms with Gasteiger partial charge in [-0.3, -0.25) is 4.79 Å². The van der Waals surface area contributed by atoms with E-state index in [1.165, 1.54) is 17.3 Å². The van der Waals surface area contributed by atoms with Crippen LogP contribution in [0.5, 0.6) is 0 Å². The molecule has 1 aliphatic carbocycles. The molecule has 146 valence electrons. The summed E-state index contributed by atoms with van der Waals surface area (Å²) >= 11 is 1.32. The first-order chi connectivity index (χ1) is 13.4. The number of rotatable bonds is 7. The van der Waals surface area contributed by atoms with Crippen molar-refractivity contribution in [3.05, 3.63) is 58.7 Å². The third-order valence-electron chi connectivity index (χ3n) is 5.22. The van der Waals surface area contributed by atoms with Gasteiger partial charge in [-0.2, -0.15) is 0 Å². The Labute approximate surface area is 169 Å². The van der Waals surface area contributed by atoms with Crippen molar-refractivity contribution in [3.8, 4) is 5.69 Å². The van der Waals surface area contributed by atoms with Crippen LogP contribution in [0.2, 0.25) is 0 Å². The summed E-state index contributed by atoms with van der Waals surface area (Å²) in [4.78, 5) is 12.8. The topological polar surface area (TPSA) is 60.9 Å². The Morgan fingerprint density at radius 1 is 1.21 bits per heavy atom. The Bertz CT molecular complexity index is 997. The molecule has 0 bridgehead atoms. The second kappa shape index (κ2) is 7.59. The fourth-order valence-electron chi connectivity index (χ4n) is 3.43. The Balaban J connectivity index is 1.49. The van der Waals surface area contributed by atoms with Crippen molar-refractivity contribution in [2.75, 3.05) is 5.75 Å². The van der Waals surface area contributed by atoms with Gasteiger partial charge in [0.15, 0.2) is 5.78 Å². The van der Waals surface area contributed by atoms with Gasteiger partial charge in [0.05, 0.1) is 5.75 Å². The zero-order valence-corrected chi connectivity index (χ0v) is 17.5. The molecule has 6 heteroatoms. The van der Waals surface area contributed by atoms with E-state index in [-0.39, 0.29) is 5.78 Å². The van der Waals surface area contributed by atoms with Crippen molar-refractivity contribution < 1.29 is 9.21 Å². The summed E-state index contributed by atoms with van der Waals surface area (Å²) in [6.07, 6.45) is 2.24. The number of aromatic nitrogens is 3. The van der Waals surface area contributed by atoms with Crippen molar-refractivity contribution in [3.63, 3.8) is 0 Å². The van der Waals surface area contributed by atoms with E-state index in [0.717, 1.165) is 35.5 Å². The van der Waals surface area contributed by atoms with Crippen LogP contribution in [-0.2, 0) is 0 Å². The second-order valence-corrected chi connectivity index (χ2v) is 8.69. The number of carbonyl (C=O) groups excluding carboxylic acids is 1. The van der Waals surface area contributed by atoms with Crippen molar-refractivity contribution in [2.24, 2.45) is 0 Å². The zero-order chi connectivity index (χ0) is 19.8. The average Bonchev–Trinajstić information content (AvgIpc) is 3.34. The molecule has 1 fully saturated rings. The summed E-state index contributed by atoms with van der Waals surface area (Å²) in [6.45, 7) is 8.41. The van der Waals surface area contributed by atoms with Crippen LogP contribution in [0.1, 0.15) is 71.7 Å². The van der Waals surface area contributed by atoms with Gasteiger partial charge in [0.2, 0.25) is 5.89 Å². The van der Waals surface area contributed by atoms with E-state index in [4.69, 9.17) is 4.42 Å². The van der Waals surface area contributed by atoms with E-state index in [1.807, 2.05) is 19.9 Å². The molecular weight excluding hydrogens is 370 g/mol. The maximum Gasteiger partial charge on any atom is 0.277 e. The minimum atomic E-state index is 0.0781. The molecule has 2 heterocycles. The molecular formula is C22H25N3O2S. The SMILES string of the molecule is Cc1cc(C(=O)CSc2nnc(C3CC3)o2)c(C)n1-c1ccc(C(C)C)cc1. The lowest BCUT2D eigenvalue weighted by Gasteiger charge is -2.12. The Kier molecular flexibility index (Phi) is 5.15. The first-order valence-electron chi connectivity index (χ1n) is 9.72. The van der Waals surface area contributed by atoms with Gasteiger partial charge in [-0.1, -0.05) is 37.7 Å². The molecule has 0 unspecified atom stereocenters. The van der Waals surface area contributed by atoms with Gasteiger partial charge < -0.3 is 8.98 Å². The molecule has 0 saturated heterocycles. The molecule has 1 aliphatic rings. The van der Waals surface area contributed by atoms with Crippen LogP contribution < -0.4 is 0 Å². The Morgan fingerprint density at radius 3 is 2.57 bits per heavy atom. The smallest absolute Gasteiger partial charge is 0.277 e. The number of benzene rings is 1. The molecule has 1 saturated carbocycles. The first kappa shape index (κ1) is 19.0. The van der Waals surface area contributed by atoms with Crippen LogP contribution in [0.3, 0.4) is 0 Å². The summed E-state index contributed by atoms with van der Waals surface area (Å²) in [7, 11) is 0.